The Hall–Kier alpha value is -8.11. The molecule has 0 unspecified atom stereocenters. The zero-order valence-corrected chi connectivity index (χ0v) is 42.2. The van der Waals surface area contributed by atoms with Crippen LogP contribution in [0.4, 0.5) is 11.4 Å². The number of anilines is 2. The van der Waals surface area contributed by atoms with Crippen molar-refractivity contribution in [1.82, 2.24) is 0 Å². The Morgan fingerprint density at radius 1 is 0.397 bits per heavy atom. The van der Waals surface area contributed by atoms with E-state index in [4.69, 9.17) is 0 Å². The third-order valence-corrected chi connectivity index (χ3v) is 16.6. The summed E-state index contributed by atoms with van der Waals surface area (Å²) in [5.74, 6) is 0. The minimum absolute atomic E-state index is 0.0160. The molecule has 2 aliphatic rings. The van der Waals surface area contributed by atoms with E-state index in [0.29, 0.717) is 6.54 Å². The van der Waals surface area contributed by atoms with E-state index in [9.17, 15) is 0 Å². The van der Waals surface area contributed by atoms with Gasteiger partial charge in [0, 0.05) is 27.7 Å². The summed E-state index contributed by atoms with van der Waals surface area (Å²) < 4.78 is 0. The third-order valence-electron chi connectivity index (χ3n) is 15.5. The summed E-state index contributed by atoms with van der Waals surface area (Å²) in [5, 5.41) is 7.85. The molecule has 12 aromatic carbocycles. The molecule has 2 aliphatic heterocycles. The molecule has 1 nitrogen and oxygen atoms in total. The van der Waals surface area contributed by atoms with Crippen LogP contribution in [0.5, 0.6) is 0 Å². The molecule has 0 saturated carbocycles. The Labute approximate surface area is 433 Å². The quantitative estimate of drug-likeness (QED) is 0.110. The van der Waals surface area contributed by atoms with E-state index in [1.165, 1.54) is 137 Å². The predicted octanol–water partition coefficient (Wildman–Crippen LogP) is 17.1. The molecule has 73 heavy (non-hydrogen) atoms. The predicted molar refractivity (Wildman–Crippen MR) is 314 cm³/mol. The van der Waals surface area contributed by atoms with E-state index < -0.39 is 0 Å². The Kier molecular flexibility index (Phi) is 10.3. The van der Waals surface area contributed by atoms with Gasteiger partial charge < -0.3 is 4.90 Å². The van der Waals surface area contributed by atoms with Crippen LogP contribution in [-0.2, 0) is 13.0 Å². The Morgan fingerprint density at radius 3 is 1.60 bits per heavy atom. The number of hydrogen-bond donors (Lipinski definition) is 0. The van der Waals surface area contributed by atoms with Crippen molar-refractivity contribution in [2.45, 2.75) is 43.5 Å². The molecule has 0 saturated heterocycles. The molecule has 346 valence electrons. The molecule has 0 radical (unpaired) electrons. The summed E-state index contributed by atoms with van der Waals surface area (Å²) in [7, 11) is 0. The Bertz CT molecular complexity index is 4010. The van der Waals surface area contributed by atoms with Crippen LogP contribution < -0.4 is 21.3 Å². The van der Waals surface area contributed by atoms with Crippen molar-refractivity contribution in [2.24, 2.45) is 5.41 Å². The first-order valence-electron chi connectivity index (χ1n) is 25.8. The minimum Gasteiger partial charge on any atom is -0.338 e. The van der Waals surface area contributed by atoms with Crippen LogP contribution >= 0.6 is 11.8 Å². The highest BCUT2D eigenvalue weighted by Gasteiger charge is 2.42. The van der Waals surface area contributed by atoms with Crippen molar-refractivity contribution < 1.29 is 0 Å². The number of hydrogen-bond acceptors (Lipinski definition) is 2. The number of fused-ring (bicyclic) bond motifs is 4. The largest absolute Gasteiger partial charge is 0.338 e. The molecular weight excluding hydrogens is 898 g/mol. The average Bonchev–Trinajstić information content (AvgIpc) is 3.43. The molecule has 2 heterocycles. The summed E-state index contributed by atoms with van der Waals surface area (Å²) in [6.45, 7) is 7.80. The summed E-state index contributed by atoms with van der Waals surface area (Å²) in [5.41, 5.74) is 21.8. The fourth-order valence-electron chi connectivity index (χ4n) is 12.3. The van der Waals surface area contributed by atoms with E-state index in [2.05, 4.69) is 262 Å². The second-order valence-electron chi connectivity index (χ2n) is 21.4. The van der Waals surface area contributed by atoms with Crippen molar-refractivity contribution in [3.05, 3.63) is 248 Å². The van der Waals surface area contributed by atoms with E-state index in [0.717, 1.165) is 6.42 Å². The maximum atomic E-state index is 2.70. The summed E-state index contributed by atoms with van der Waals surface area (Å²) in [6.07, 6.45) is 0.975. The first kappa shape index (κ1) is 43.7. The van der Waals surface area contributed by atoms with Crippen LogP contribution in [0.15, 0.2) is 246 Å². The van der Waals surface area contributed by atoms with Crippen molar-refractivity contribution in [2.75, 3.05) is 4.90 Å². The average molecular weight is 950 g/mol. The fourth-order valence-corrected chi connectivity index (χ4v) is 13.5. The number of rotatable bonds is 8. The second kappa shape index (κ2) is 17.3. The van der Waals surface area contributed by atoms with Crippen LogP contribution in [0.1, 0.15) is 31.9 Å². The van der Waals surface area contributed by atoms with Crippen molar-refractivity contribution in [1.29, 1.82) is 0 Å². The summed E-state index contributed by atoms with van der Waals surface area (Å²) in [4.78, 5) is 5.39. The van der Waals surface area contributed by atoms with Crippen LogP contribution in [0.3, 0.4) is 0 Å². The van der Waals surface area contributed by atoms with Gasteiger partial charge in [-0.1, -0.05) is 238 Å². The van der Waals surface area contributed by atoms with E-state index in [1.807, 2.05) is 11.8 Å². The van der Waals surface area contributed by atoms with Gasteiger partial charge in [-0.25, -0.2) is 0 Å². The maximum Gasteiger partial charge on any atom is 0.249 e. The molecular formula is C70H52BNS. The van der Waals surface area contributed by atoms with E-state index in [1.54, 1.807) is 0 Å². The minimum atomic E-state index is 0.0160. The van der Waals surface area contributed by atoms with Gasteiger partial charge in [0.05, 0.1) is 0 Å². The lowest BCUT2D eigenvalue weighted by Gasteiger charge is -2.41. The normalized spacial score (nSPS) is 12.9. The lowest BCUT2D eigenvalue weighted by atomic mass is 9.34. The molecule has 0 spiro atoms. The second-order valence-corrected chi connectivity index (χ2v) is 22.5. The van der Waals surface area contributed by atoms with Gasteiger partial charge >= 0.3 is 0 Å². The van der Waals surface area contributed by atoms with Gasteiger partial charge in [-0.05, 0) is 158 Å². The van der Waals surface area contributed by atoms with E-state index in [-0.39, 0.29) is 12.1 Å². The van der Waals surface area contributed by atoms with Gasteiger partial charge in [0.2, 0.25) is 6.71 Å². The lowest BCUT2D eigenvalue weighted by Crippen LogP contribution is -2.60. The highest BCUT2D eigenvalue weighted by atomic mass is 32.2. The third kappa shape index (κ3) is 7.56. The summed E-state index contributed by atoms with van der Waals surface area (Å²) >= 11 is 1.96. The zero-order chi connectivity index (χ0) is 48.8. The molecule has 0 aliphatic carbocycles. The molecule has 3 heteroatoms. The SMILES string of the molecule is CC(C)(C)Cc1cc2c3c(c1)N(Cc1c(-c4ccccc4)cc(-c4ccccc4)cc1-c1ccccc1)c1ccc(-c4ccc5ccc6cccc7ccc4c5c67)cc1B3c1cc(-c3ccccc3)ccc1S2. The van der Waals surface area contributed by atoms with Crippen molar-refractivity contribution in [3.63, 3.8) is 0 Å². The highest BCUT2D eigenvalue weighted by molar-refractivity contribution is 8.00. The summed E-state index contributed by atoms with van der Waals surface area (Å²) in [6, 6.07) is 89.3. The van der Waals surface area contributed by atoms with Gasteiger partial charge in [-0.15, -0.1) is 0 Å². The number of nitrogens with zero attached hydrogens (tertiary/aromatic N) is 1. The van der Waals surface area contributed by atoms with Crippen LogP contribution in [-0.4, -0.2) is 6.71 Å². The van der Waals surface area contributed by atoms with Gasteiger partial charge in [0.25, 0.3) is 0 Å². The number of benzene rings is 12. The highest BCUT2D eigenvalue weighted by Crippen LogP contribution is 2.46. The first-order chi connectivity index (χ1) is 35.8. The molecule has 0 aromatic heterocycles. The topological polar surface area (TPSA) is 3.24 Å². The van der Waals surface area contributed by atoms with Crippen LogP contribution in [0.25, 0.3) is 88.0 Å². The molecule has 0 amide bonds. The monoisotopic (exact) mass is 949 g/mol. The molecule has 0 N–H and O–H groups in total. The molecule has 0 fully saturated rings. The zero-order valence-electron chi connectivity index (χ0n) is 41.4. The molecule has 0 atom stereocenters. The van der Waals surface area contributed by atoms with Crippen molar-refractivity contribution >= 4 is 78.6 Å². The van der Waals surface area contributed by atoms with Crippen LogP contribution in [0, 0.1) is 5.41 Å². The van der Waals surface area contributed by atoms with Gasteiger partial charge in [0.1, 0.15) is 0 Å². The Morgan fingerprint density at radius 2 is 0.959 bits per heavy atom. The molecule has 12 aromatic rings. The maximum absolute atomic E-state index is 2.70. The fraction of sp³-hybridized carbons (Fsp3) is 0.0857. The van der Waals surface area contributed by atoms with E-state index >= 15 is 0 Å². The smallest absolute Gasteiger partial charge is 0.249 e. The lowest BCUT2D eigenvalue weighted by molar-refractivity contribution is 0.411. The van der Waals surface area contributed by atoms with Gasteiger partial charge in [0.15, 0.2) is 0 Å². The van der Waals surface area contributed by atoms with Gasteiger partial charge in [-0.2, -0.15) is 0 Å². The van der Waals surface area contributed by atoms with Crippen molar-refractivity contribution in [3.8, 4) is 55.6 Å². The van der Waals surface area contributed by atoms with Crippen LogP contribution in [0.2, 0.25) is 0 Å². The Balaban J connectivity index is 1.05. The molecule has 0 bridgehead atoms. The first-order valence-corrected chi connectivity index (χ1v) is 26.6. The molecule has 14 rings (SSSR count). The van der Waals surface area contributed by atoms with Gasteiger partial charge in [-0.3, -0.25) is 0 Å². The standard InChI is InChI=1S/C70H52BNS/c1-70(2,3)43-45-37-64-69-66(38-45)73-65-36-32-53(46-17-8-4-9-18-46)41-62(65)71(69)61-42-54(56-33-29-52-28-27-50-25-16-26-51-30-34-57(56)68(52)67(50)51)31-35-63(61)72(64)44-60-58(48-21-12-6-13-22-48)39-55(47-19-10-5-11-20-47)40-59(60)49-23-14-7-15-24-49/h4-42H,43-44H2,1-3H3.